The normalized spacial score (nSPS) is 10.0. The van der Waals surface area contributed by atoms with E-state index in [1.165, 1.54) is 11.3 Å². The molecule has 0 fully saturated rings. The first-order valence-corrected chi connectivity index (χ1v) is 7.83. The van der Waals surface area contributed by atoms with Gasteiger partial charge in [-0.25, -0.2) is 0 Å². The fourth-order valence-corrected chi connectivity index (χ4v) is 2.16. The predicted octanol–water partition coefficient (Wildman–Crippen LogP) is 4.28. The molecule has 22 heavy (non-hydrogen) atoms. The van der Waals surface area contributed by atoms with Crippen LogP contribution in [0.25, 0.3) is 0 Å². The zero-order valence-electron chi connectivity index (χ0n) is 14.3. The molecule has 0 spiro atoms. The van der Waals surface area contributed by atoms with Gasteiger partial charge in [0.2, 0.25) is 0 Å². The highest BCUT2D eigenvalue weighted by molar-refractivity contribution is 5.85. The van der Waals surface area contributed by atoms with Crippen molar-refractivity contribution in [3.05, 3.63) is 29.8 Å². The lowest BCUT2D eigenvalue weighted by atomic mass is 10.2. The van der Waals surface area contributed by atoms with E-state index >= 15 is 0 Å². The number of nitrogens with one attached hydrogen (secondary N) is 1. The Hall–Kier alpha value is -0.480. The summed E-state index contributed by atoms with van der Waals surface area (Å²) in [6.07, 6.45) is 1.40. The van der Waals surface area contributed by atoms with Gasteiger partial charge in [0, 0.05) is 31.9 Å². The molecule has 130 valence electrons. The second kappa shape index (κ2) is 14.1. The monoisotopic (exact) mass is 350 g/mol. The Morgan fingerprint density at radius 2 is 1.64 bits per heavy atom. The molecule has 1 N–H and O–H groups in total. The van der Waals surface area contributed by atoms with Crippen molar-refractivity contribution in [2.24, 2.45) is 0 Å². The van der Waals surface area contributed by atoms with E-state index in [2.05, 4.69) is 62.2 Å². The summed E-state index contributed by atoms with van der Waals surface area (Å²) in [5, 5.41) is 3.46. The van der Waals surface area contributed by atoms with Crippen molar-refractivity contribution >= 4 is 30.5 Å². The van der Waals surface area contributed by atoms with Crippen LogP contribution in [0.5, 0.6) is 0 Å². The molecule has 0 saturated heterocycles. The van der Waals surface area contributed by atoms with Crippen LogP contribution in [0.3, 0.4) is 0 Å². The highest BCUT2D eigenvalue weighted by Crippen LogP contribution is 2.14. The van der Waals surface area contributed by atoms with Crippen LogP contribution in [0.15, 0.2) is 24.3 Å². The van der Waals surface area contributed by atoms with Crippen LogP contribution in [0.4, 0.5) is 5.69 Å². The van der Waals surface area contributed by atoms with Gasteiger partial charge in [0.15, 0.2) is 0 Å². The smallest absolute Gasteiger partial charge is 0.0518 e. The first-order valence-electron chi connectivity index (χ1n) is 7.83. The number of anilines is 1. The molecule has 0 amide bonds. The lowest BCUT2D eigenvalue weighted by molar-refractivity contribution is 0.0770. The summed E-state index contributed by atoms with van der Waals surface area (Å²) in [5.74, 6) is 0. The molecule has 0 radical (unpaired) electrons. The maximum atomic E-state index is 5.52. The van der Waals surface area contributed by atoms with Crippen molar-refractivity contribution in [2.75, 3.05) is 31.1 Å². The van der Waals surface area contributed by atoms with Crippen molar-refractivity contribution < 1.29 is 4.74 Å². The molecular formula is C17H32Cl2N2O. The van der Waals surface area contributed by atoms with Crippen molar-refractivity contribution in [1.29, 1.82) is 0 Å². The van der Waals surface area contributed by atoms with Gasteiger partial charge < -0.3 is 15.0 Å². The predicted molar refractivity (Wildman–Crippen MR) is 102 cm³/mol. The summed E-state index contributed by atoms with van der Waals surface area (Å²) < 4.78 is 5.52. The van der Waals surface area contributed by atoms with Gasteiger partial charge in [0.1, 0.15) is 0 Å². The van der Waals surface area contributed by atoms with Gasteiger partial charge >= 0.3 is 0 Å². The van der Waals surface area contributed by atoms with E-state index in [4.69, 9.17) is 4.74 Å². The van der Waals surface area contributed by atoms with Gasteiger partial charge in [-0.05, 0) is 58.4 Å². The van der Waals surface area contributed by atoms with Gasteiger partial charge in [0.05, 0.1) is 6.10 Å². The quantitative estimate of drug-likeness (QED) is 0.637. The third kappa shape index (κ3) is 9.52. The average Bonchev–Trinajstić information content (AvgIpc) is 2.45. The van der Waals surface area contributed by atoms with Crippen LogP contribution < -0.4 is 10.2 Å². The molecule has 0 aliphatic rings. The molecule has 1 aromatic carbocycles. The number of hydrogen-bond donors (Lipinski definition) is 1. The second-order valence-electron chi connectivity index (χ2n) is 5.29. The molecule has 0 heterocycles. The fraction of sp³-hybridized carbons (Fsp3) is 0.647. The van der Waals surface area contributed by atoms with Gasteiger partial charge in [-0.2, -0.15) is 0 Å². The Labute approximate surface area is 148 Å². The van der Waals surface area contributed by atoms with E-state index in [9.17, 15) is 0 Å². The highest BCUT2D eigenvalue weighted by atomic mass is 35.5. The molecule has 0 aliphatic heterocycles. The zero-order valence-corrected chi connectivity index (χ0v) is 15.9. The fourth-order valence-electron chi connectivity index (χ4n) is 2.16. The lowest BCUT2D eigenvalue weighted by Gasteiger charge is -2.21. The summed E-state index contributed by atoms with van der Waals surface area (Å²) in [6.45, 7) is 13.4. The Kier molecular flexibility index (Phi) is 15.3. The minimum absolute atomic E-state index is 0. The van der Waals surface area contributed by atoms with Crippen molar-refractivity contribution in [2.45, 2.75) is 46.8 Å². The Balaban J connectivity index is 0. The van der Waals surface area contributed by atoms with E-state index in [-0.39, 0.29) is 24.8 Å². The molecular weight excluding hydrogens is 319 g/mol. The topological polar surface area (TPSA) is 24.5 Å². The summed E-state index contributed by atoms with van der Waals surface area (Å²) >= 11 is 0. The first-order chi connectivity index (χ1) is 9.67. The zero-order chi connectivity index (χ0) is 14.8. The van der Waals surface area contributed by atoms with Crippen LogP contribution in [-0.4, -0.2) is 32.3 Å². The van der Waals surface area contributed by atoms with Crippen molar-refractivity contribution in [3.63, 3.8) is 0 Å². The Bertz CT molecular complexity index is 354. The van der Waals surface area contributed by atoms with Gasteiger partial charge in [0.25, 0.3) is 0 Å². The third-order valence-corrected chi connectivity index (χ3v) is 3.34. The maximum absolute atomic E-state index is 5.52. The molecule has 0 bridgehead atoms. The largest absolute Gasteiger partial charge is 0.379 e. The molecule has 0 aliphatic carbocycles. The van der Waals surface area contributed by atoms with Crippen LogP contribution in [0.1, 0.15) is 39.7 Å². The van der Waals surface area contributed by atoms with Crippen LogP contribution in [0.2, 0.25) is 0 Å². The standard InChI is InChI=1S/C17H30N2O.2ClH/c1-5-19(6-2)17-10-8-16(9-11-17)14-18-12-7-13-20-15(3)4;;/h8-11,15,18H,5-7,12-14H2,1-4H3;2*1H. The number of hydrogen-bond acceptors (Lipinski definition) is 3. The molecule has 1 rings (SSSR count). The summed E-state index contributed by atoms with van der Waals surface area (Å²) in [7, 11) is 0. The highest BCUT2D eigenvalue weighted by Gasteiger charge is 2.01. The van der Waals surface area contributed by atoms with E-state index in [0.717, 1.165) is 39.2 Å². The number of nitrogens with zero attached hydrogens (tertiary/aromatic N) is 1. The average molecular weight is 351 g/mol. The van der Waals surface area contributed by atoms with E-state index in [1.54, 1.807) is 0 Å². The maximum Gasteiger partial charge on any atom is 0.0518 e. The van der Waals surface area contributed by atoms with Crippen molar-refractivity contribution in [3.8, 4) is 0 Å². The van der Waals surface area contributed by atoms with Gasteiger partial charge in [-0.1, -0.05) is 12.1 Å². The van der Waals surface area contributed by atoms with Crippen LogP contribution in [-0.2, 0) is 11.3 Å². The molecule has 0 saturated carbocycles. The van der Waals surface area contributed by atoms with Crippen LogP contribution in [0, 0.1) is 0 Å². The SMILES string of the molecule is CCN(CC)c1ccc(CNCCCOC(C)C)cc1.Cl.Cl. The molecule has 0 atom stereocenters. The van der Waals surface area contributed by atoms with E-state index in [0.29, 0.717) is 6.10 Å². The summed E-state index contributed by atoms with van der Waals surface area (Å²) in [5.41, 5.74) is 2.65. The van der Waals surface area contributed by atoms with Gasteiger partial charge in [-0.3, -0.25) is 0 Å². The van der Waals surface area contributed by atoms with E-state index in [1.807, 2.05) is 0 Å². The Morgan fingerprint density at radius 1 is 1.05 bits per heavy atom. The number of rotatable bonds is 10. The minimum atomic E-state index is 0. The Morgan fingerprint density at radius 3 is 2.14 bits per heavy atom. The minimum Gasteiger partial charge on any atom is -0.379 e. The molecule has 1 aromatic rings. The molecule has 3 nitrogen and oxygen atoms in total. The number of halogens is 2. The molecule has 0 unspecified atom stereocenters. The van der Waals surface area contributed by atoms with Gasteiger partial charge in [-0.15, -0.1) is 24.8 Å². The summed E-state index contributed by atoms with van der Waals surface area (Å²) in [6, 6.07) is 8.86. The van der Waals surface area contributed by atoms with Crippen molar-refractivity contribution in [1.82, 2.24) is 5.32 Å². The third-order valence-electron chi connectivity index (χ3n) is 3.34. The number of ether oxygens (including phenoxy) is 1. The molecule has 0 aromatic heterocycles. The first kappa shape index (κ1) is 23.8. The molecule has 5 heteroatoms. The van der Waals surface area contributed by atoms with Crippen LogP contribution >= 0.6 is 24.8 Å². The summed E-state index contributed by atoms with van der Waals surface area (Å²) in [4.78, 5) is 2.36. The lowest BCUT2D eigenvalue weighted by Crippen LogP contribution is -2.21. The number of benzene rings is 1. The second-order valence-corrected chi connectivity index (χ2v) is 5.29. The van der Waals surface area contributed by atoms with E-state index < -0.39 is 0 Å².